The molecule has 0 amide bonds. The minimum Gasteiger partial charge on any atom is -0.469 e. The summed E-state index contributed by atoms with van der Waals surface area (Å²) < 4.78 is 44.7. The second-order valence-electron chi connectivity index (χ2n) is 7.48. The van der Waals surface area contributed by atoms with Crippen LogP contribution < -0.4 is 0 Å². The summed E-state index contributed by atoms with van der Waals surface area (Å²) in [6, 6.07) is 4.87. The van der Waals surface area contributed by atoms with E-state index in [2.05, 4.69) is 10.1 Å². The minimum absolute atomic E-state index is 0.0316. The molecule has 0 saturated heterocycles. The van der Waals surface area contributed by atoms with E-state index in [0.29, 0.717) is 24.8 Å². The summed E-state index contributed by atoms with van der Waals surface area (Å²) in [4.78, 5) is 16.3. The van der Waals surface area contributed by atoms with Crippen molar-refractivity contribution in [3.05, 3.63) is 48.0 Å². The van der Waals surface area contributed by atoms with Crippen LogP contribution in [-0.4, -0.2) is 38.6 Å². The van der Waals surface area contributed by atoms with Crippen molar-refractivity contribution in [3.63, 3.8) is 0 Å². The molecule has 1 heterocycles. The molecule has 3 rings (SSSR count). The van der Waals surface area contributed by atoms with Gasteiger partial charge >= 0.3 is 12.1 Å². The number of nitrogens with zero attached hydrogens (tertiary/aromatic N) is 3. The molecule has 152 valence electrons. The summed E-state index contributed by atoms with van der Waals surface area (Å²) in [6.45, 7) is 1.69. The summed E-state index contributed by atoms with van der Waals surface area (Å²) in [6.07, 6.45) is -0.366. The number of ether oxygens (including phenoxy) is 1. The van der Waals surface area contributed by atoms with Gasteiger partial charge in [0.2, 0.25) is 0 Å². The van der Waals surface area contributed by atoms with Crippen LogP contribution in [0.4, 0.5) is 13.2 Å². The molecule has 1 aromatic carbocycles. The van der Waals surface area contributed by atoms with Crippen LogP contribution in [0.5, 0.6) is 0 Å². The third kappa shape index (κ3) is 3.50. The van der Waals surface area contributed by atoms with Crippen molar-refractivity contribution in [2.75, 3.05) is 7.11 Å². The lowest BCUT2D eigenvalue weighted by Crippen LogP contribution is -2.54. The van der Waals surface area contributed by atoms with E-state index in [4.69, 9.17) is 4.74 Å². The molecule has 28 heavy (non-hydrogen) atoms. The van der Waals surface area contributed by atoms with Crippen molar-refractivity contribution in [2.45, 2.75) is 44.5 Å². The van der Waals surface area contributed by atoms with Gasteiger partial charge in [0, 0.05) is 0 Å². The van der Waals surface area contributed by atoms with Crippen LogP contribution >= 0.6 is 0 Å². The zero-order chi connectivity index (χ0) is 20.6. The molecule has 1 aliphatic carbocycles. The number of hydrogen-bond acceptors (Lipinski definition) is 5. The fourth-order valence-electron chi connectivity index (χ4n) is 4.12. The van der Waals surface area contributed by atoms with Crippen molar-refractivity contribution < 1.29 is 27.8 Å². The highest BCUT2D eigenvalue weighted by Crippen LogP contribution is 2.52. The Morgan fingerprint density at radius 2 is 2.04 bits per heavy atom. The molecule has 0 bridgehead atoms. The van der Waals surface area contributed by atoms with Gasteiger partial charge in [-0.15, -0.1) is 0 Å². The van der Waals surface area contributed by atoms with Gasteiger partial charge in [-0.3, -0.25) is 9.48 Å². The van der Waals surface area contributed by atoms with E-state index in [0.717, 1.165) is 12.1 Å². The lowest BCUT2D eigenvalue weighted by molar-refractivity contribution is -0.173. The van der Waals surface area contributed by atoms with E-state index in [-0.39, 0.29) is 12.5 Å². The molecular formula is C19H22F3N3O3. The molecule has 6 nitrogen and oxygen atoms in total. The maximum absolute atomic E-state index is 12.8. The number of rotatable bonds is 5. The fourth-order valence-corrected chi connectivity index (χ4v) is 4.12. The predicted octanol–water partition coefficient (Wildman–Crippen LogP) is 2.86. The largest absolute Gasteiger partial charge is 0.469 e. The lowest BCUT2D eigenvalue weighted by Gasteiger charge is -2.40. The standard InChI is InChI=1S/C19H22F3N3O3/c1-17(16(26)28-2)8-7-15(18(17,27)10-25-12-23-11-24-25)9-13-3-5-14(6-4-13)19(20,21)22/h3-6,11-12,15,27H,7-10H2,1-2H3. The van der Waals surface area contributed by atoms with E-state index >= 15 is 0 Å². The van der Waals surface area contributed by atoms with Gasteiger partial charge in [0.15, 0.2) is 0 Å². The zero-order valence-corrected chi connectivity index (χ0v) is 15.6. The third-order valence-electron chi connectivity index (χ3n) is 5.89. The molecule has 2 aromatic rings. The Hall–Kier alpha value is -2.42. The number of carbonyl (C=O) groups excluding carboxylic acids is 1. The number of alkyl halides is 3. The Balaban J connectivity index is 1.89. The highest BCUT2D eigenvalue weighted by Gasteiger charge is 2.61. The first-order valence-electron chi connectivity index (χ1n) is 8.89. The van der Waals surface area contributed by atoms with E-state index < -0.39 is 28.7 Å². The average Bonchev–Trinajstić information content (AvgIpc) is 3.23. The molecule has 9 heteroatoms. The molecule has 1 aromatic heterocycles. The molecule has 0 spiro atoms. The number of hydrogen-bond donors (Lipinski definition) is 1. The molecule has 3 unspecified atom stereocenters. The first-order chi connectivity index (χ1) is 13.1. The number of carbonyl (C=O) groups is 1. The Labute approximate surface area is 160 Å². The van der Waals surface area contributed by atoms with Gasteiger partial charge in [-0.2, -0.15) is 18.3 Å². The van der Waals surface area contributed by atoms with Gasteiger partial charge in [-0.1, -0.05) is 12.1 Å². The second kappa shape index (κ2) is 7.20. The zero-order valence-electron chi connectivity index (χ0n) is 15.6. The van der Waals surface area contributed by atoms with Crippen LogP contribution in [0.1, 0.15) is 30.9 Å². The van der Waals surface area contributed by atoms with Crippen molar-refractivity contribution in [2.24, 2.45) is 11.3 Å². The molecule has 0 radical (unpaired) electrons. The first kappa shape index (κ1) is 20.3. The van der Waals surface area contributed by atoms with Gasteiger partial charge in [-0.25, -0.2) is 4.98 Å². The van der Waals surface area contributed by atoms with Crippen LogP contribution in [-0.2, 0) is 28.7 Å². The van der Waals surface area contributed by atoms with Crippen LogP contribution in [0.25, 0.3) is 0 Å². The third-order valence-corrected chi connectivity index (χ3v) is 5.89. The monoisotopic (exact) mass is 397 g/mol. The quantitative estimate of drug-likeness (QED) is 0.785. The predicted molar refractivity (Wildman–Crippen MR) is 93.0 cm³/mol. The Morgan fingerprint density at radius 3 is 2.57 bits per heavy atom. The van der Waals surface area contributed by atoms with Gasteiger partial charge < -0.3 is 9.84 Å². The Kier molecular flexibility index (Phi) is 5.22. The van der Waals surface area contributed by atoms with Crippen LogP contribution in [0.2, 0.25) is 0 Å². The number of aromatic nitrogens is 3. The van der Waals surface area contributed by atoms with Gasteiger partial charge in [0.05, 0.1) is 24.6 Å². The summed E-state index contributed by atoms with van der Waals surface area (Å²) >= 11 is 0. The molecular weight excluding hydrogens is 375 g/mol. The molecule has 1 saturated carbocycles. The number of esters is 1. The smallest absolute Gasteiger partial charge is 0.416 e. The topological polar surface area (TPSA) is 77.2 Å². The molecule has 0 aliphatic heterocycles. The summed E-state index contributed by atoms with van der Waals surface area (Å²) in [7, 11) is 1.27. The highest BCUT2D eigenvalue weighted by atomic mass is 19.4. The molecule has 1 aliphatic rings. The molecule has 1 N–H and O–H groups in total. The number of benzene rings is 1. The number of aliphatic hydroxyl groups is 1. The normalized spacial score (nSPS) is 27.7. The fraction of sp³-hybridized carbons (Fsp3) is 0.526. The van der Waals surface area contributed by atoms with Crippen molar-refractivity contribution in [3.8, 4) is 0 Å². The Morgan fingerprint density at radius 1 is 1.36 bits per heavy atom. The van der Waals surface area contributed by atoms with Gasteiger partial charge in [-0.05, 0) is 49.8 Å². The van der Waals surface area contributed by atoms with Crippen molar-refractivity contribution >= 4 is 5.97 Å². The highest BCUT2D eigenvalue weighted by molar-refractivity contribution is 5.78. The summed E-state index contributed by atoms with van der Waals surface area (Å²) in [5, 5.41) is 15.6. The second-order valence-corrected chi connectivity index (χ2v) is 7.48. The molecule has 3 atom stereocenters. The van der Waals surface area contributed by atoms with Crippen LogP contribution in [0.15, 0.2) is 36.9 Å². The average molecular weight is 397 g/mol. The lowest BCUT2D eigenvalue weighted by atomic mass is 9.71. The van der Waals surface area contributed by atoms with Crippen LogP contribution in [0, 0.1) is 11.3 Å². The van der Waals surface area contributed by atoms with E-state index in [1.165, 1.54) is 36.6 Å². The minimum atomic E-state index is -4.40. The SMILES string of the molecule is COC(=O)C1(C)CCC(Cc2ccc(C(F)(F)F)cc2)C1(O)Cn1cncn1. The Bertz CT molecular complexity index is 823. The van der Waals surface area contributed by atoms with E-state index in [9.17, 15) is 23.1 Å². The number of halogens is 3. The van der Waals surface area contributed by atoms with Crippen molar-refractivity contribution in [1.29, 1.82) is 0 Å². The summed E-state index contributed by atoms with van der Waals surface area (Å²) in [5.41, 5.74) is -2.72. The first-order valence-corrected chi connectivity index (χ1v) is 8.89. The number of methoxy groups -OCH3 is 1. The van der Waals surface area contributed by atoms with Gasteiger partial charge in [0.25, 0.3) is 0 Å². The van der Waals surface area contributed by atoms with E-state index in [1.54, 1.807) is 6.92 Å². The molecule has 1 fully saturated rings. The maximum atomic E-state index is 12.8. The van der Waals surface area contributed by atoms with Gasteiger partial charge in [0.1, 0.15) is 18.3 Å². The van der Waals surface area contributed by atoms with E-state index in [1.807, 2.05) is 0 Å². The maximum Gasteiger partial charge on any atom is 0.416 e. The van der Waals surface area contributed by atoms with Crippen LogP contribution in [0.3, 0.4) is 0 Å². The summed E-state index contributed by atoms with van der Waals surface area (Å²) in [5.74, 6) is -0.887. The van der Waals surface area contributed by atoms with Crippen molar-refractivity contribution in [1.82, 2.24) is 14.8 Å².